The van der Waals surface area contributed by atoms with Gasteiger partial charge in [0, 0.05) is 42.9 Å². The Morgan fingerprint density at radius 3 is 2.63 bits per heavy atom. The number of nitrogens with zero attached hydrogens (tertiary/aromatic N) is 7. The number of aromatic nitrogens is 7. The first-order chi connectivity index (χ1) is 14.7. The summed E-state index contributed by atoms with van der Waals surface area (Å²) in [7, 11) is 0. The molecule has 0 radical (unpaired) electrons. The Morgan fingerprint density at radius 1 is 1.07 bits per heavy atom. The van der Waals surface area contributed by atoms with Gasteiger partial charge in [-0.15, -0.1) is 0 Å². The summed E-state index contributed by atoms with van der Waals surface area (Å²) in [6.07, 6.45) is 14.6. The zero-order chi connectivity index (χ0) is 20.5. The van der Waals surface area contributed by atoms with Gasteiger partial charge in [-0.3, -0.25) is 4.98 Å². The summed E-state index contributed by atoms with van der Waals surface area (Å²) in [4.78, 5) is 23.0. The third kappa shape index (κ3) is 3.38. The summed E-state index contributed by atoms with van der Waals surface area (Å²) in [6, 6.07) is 4.01. The van der Waals surface area contributed by atoms with Crippen molar-refractivity contribution in [2.24, 2.45) is 5.92 Å². The average molecular weight is 402 g/mol. The van der Waals surface area contributed by atoms with Gasteiger partial charge in [-0.25, -0.2) is 19.9 Å². The fourth-order valence-electron chi connectivity index (χ4n) is 4.72. The molecular weight excluding hydrogens is 374 g/mol. The molecule has 7 nitrogen and oxygen atoms in total. The quantitative estimate of drug-likeness (QED) is 0.477. The fraction of sp³-hybridized carbons (Fsp3) is 0.435. The number of pyridine rings is 1. The summed E-state index contributed by atoms with van der Waals surface area (Å²) in [5.41, 5.74) is 3.29. The minimum absolute atomic E-state index is 0.489. The Balaban J connectivity index is 1.49. The molecule has 0 spiro atoms. The predicted molar refractivity (Wildman–Crippen MR) is 116 cm³/mol. The van der Waals surface area contributed by atoms with Gasteiger partial charge in [-0.05, 0) is 37.8 Å². The summed E-state index contributed by atoms with van der Waals surface area (Å²) in [5, 5.41) is 0. The molecule has 5 rings (SSSR count). The summed E-state index contributed by atoms with van der Waals surface area (Å²) in [5.74, 6) is 3.61. The van der Waals surface area contributed by atoms with Crippen molar-refractivity contribution in [3.05, 3.63) is 54.6 Å². The first-order valence-electron chi connectivity index (χ1n) is 10.9. The molecule has 1 saturated carbocycles. The molecule has 0 aliphatic heterocycles. The monoisotopic (exact) mass is 401 g/mol. The normalized spacial score (nSPS) is 15.8. The van der Waals surface area contributed by atoms with Crippen molar-refractivity contribution in [1.29, 1.82) is 0 Å². The van der Waals surface area contributed by atoms with Crippen molar-refractivity contribution < 1.29 is 0 Å². The molecule has 0 bridgehead atoms. The average Bonchev–Trinajstić information content (AvgIpc) is 3.53. The summed E-state index contributed by atoms with van der Waals surface area (Å²) < 4.78 is 4.29. The van der Waals surface area contributed by atoms with Gasteiger partial charge in [0.25, 0.3) is 0 Å². The summed E-state index contributed by atoms with van der Waals surface area (Å²) >= 11 is 0. The lowest BCUT2D eigenvalue weighted by Gasteiger charge is -2.18. The smallest absolute Gasteiger partial charge is 0.195 e. The first kappa shape index (κ1) is 18.9. The molecule has 1 aliphatic rings. The van der Waals surface area contributed by atoms with E-state index in [2.05, 4.69) is 44.0 Å². The van der Waals surface area contributed by atoms with Crippen molar-refractivity contribution in [2.45, 2.75) is 58.5 Å². The van der Waals surface area contributed by atoms with Crippen LogP contribution in [0.15, 0.2) is 43.1 Å². The highest BCUT2D eigenvalue weighted by molar-refractivity contribution is 5.75. The van der Waals surface area contributed by atoms with Crippen LogP contribution in [0.3, 0.4) is 0 Å². The standard InChI is InChI=1S/C23H27N7/c1-3-30-20-14-27-18(16(2)17-7-4-5-8-17)13-19(20)28-21(30)15-29-12-11-26-23(29)22-24-9-6-10-25-22/h6,9-14,16-17H,3-5,7-8,15H2,1-2H3. The number of imidazole rings is 2. The molecule has 4 aromatic rings. The van der Waals surface area contributed by atoms with Crippen LogP contribution in [0.5, 0.6) is 0 Å². The Bertz CT molecular complexity index is 1140. The molecule has 1 atom stereocenters. The molecule has 0 aromatic carbocycles. The van der Waals surface area contributed by atoms with E-state index in [1.165, 1.54) is 31.4 Å². The second kappa shape index (κ2) is 7.97. The molecule has 0 amide bonds. The van der Waals surface area contributed by atoms with E-state index in [1.807, 2.05) is 18.5 Å². The van der Waals surface area contributed by atoms with Crippen LogP contribution < -0.4 is 0 Å². The van der Waals surface area contributed by atoms with E-state index < -0.39 is 0 Å². The molecule has 1 aliphatic carbocycles. The van der Waals surface area contributed by atoms with Crippen molar-refractivity contribution >= 4 is 11.0 Å². The number of aryl methyl sites for hydroxylation is 1. The Kier molecular flexibility index (Phi) is 5.02. The Labute approximate surface area is 176 Å². The molecule has 1 fully saturated rings. The topological polar surface area (TPSA) is 74.3 Å². The van der Waals surface area contributed by atoms with Crippen LogP contribution in [0.4, 0.5) is 0 Å². The number of fused-ring (bicyclic) bond motifs is 1. The minimum atomic E-state index is 0.489. The molecule has 0 saturated heterocycles. The van der Waals surface area contributed by atoms with Crippen molar-refractivity contribution in [3.8, 4) is 11.6 Å². The van der Waals surface area contributed by atoms with Crippen molar-refractivity contribution in [1.82, 2.24) is 34.1 Å². The molecular formula is C23H27N7. The van der Waals surface area contributed by atoms with Crippen LogP contribution in [0.25, 0.3) is 22.7 Å². The van der Waals surface area contributed by atoms with Gasteiger partial charge in [-0.1, -0.05) is 19.8 Å². The predicted octanol–water partition coefficient (Wildman–Crippen LogP) is 4.45. The highest BCUT2D eigenvalue weighted by Crippen LogP contribution is 2.36. The van der Waals surface area contributed by atoms with Gasteiger partial charge >= 0.3 is 0 Å². The second-order valence-electron chi connectivity index (χ2n) is 8.15. The molecule has 30 heavy (non-hydrogen) atoms. The SMILES string of the molecule is CCn1c(Cn2ccnc2-c2ncccn2)nc2cc(C(C)C3CCCC3)ncc21. The van der Waals surface area contributed by atoms with E-state index in [0.29, 0.717) is 18.3 Å². The third-order valence-corrected chi connectivity index (χ3v) is 6.42. The van der Waals surface area contributed by atoms with Gasteiger partial charge in [0.2, 0.25) is 0 Å². The molecule has 4 aromatic heterocycles. The van der Waals surface area contributed by atoms with Crippen molar-refractivity contribution in [3.63, 3.8) is 0 Å². The highest BCUT2D eigenvalue weighted by Gasteiger charge is 2.24. The lowest BCUT2D eigenvalue weighted by molar-refractivity contribution is 0.453. The number of rotatable bonds is 6. The van der Waals surface area contributed by atoms with E-state index in [9.17, 15) is 0 Å². The van der Waals surface area contributed by atoms with Crippen LogP contribution in [-0.4, -0.2) is 34.1 Å². The number of hydrogen-bond acceptors (Lipinski definition) is 5. The Morgan fingerprint density at radius 2 is 1.87 bits per heavy atom. The van der Waals surface area contributed by atoms with Gasteiger partial charge < -0.3 is 9.13 Å². The number of hydrogen-bond donors (Lipinski definition) is 0. The van der Waals surface area contributed by atoms with E-state index in [1.54, 1.807) is 18.6 Å². The van der Waals surface area contributed by atoms with Gasteiger partial charge in [0.15, 0.2) is 11.6 Å². The van der Waals surface area contributed by atoms with Gasteiger partial charge in [-0.2, -0.15) is 0 Å². The minimum Gasteiger partial charge on any atom is -0.325 e. The lowest BCUT2D eigenvalue weighted by atomic mass is 9.89. The summed E-state index contributed by atoms with van der Waals surface area (Å²) in [6.45, 7) is 5.93. The maximum atomic E-state index is 5.00. The van der Waals surface area contributed by atoms with Crippen molar-refractivity contribution in [2.75, 3.05) is 0 Å². The molecule has 7 heteroatoms. The zero-order valence-corrected chi connectivity index (χ0v) is 17.6. The highest BCUT2D eigenvalue weighted by atomic mass is 15.2. The molecule has 154 valence electrons. The van der Waals surface area contributed by atoms with Gasteiger partial charge in [0.05, 0.1) is 23.8 Å². The molecule has 1 unspecified atom stereocenters. The maximum Gasteiger partial charge on any atom is 0.195 e. The first-order valence-corrected chi connectivity index (χ1v) is 10.9. The third-order valence-electron chi connectivity index (χ3n) is 6.42. The van der Waals surface area contributed by atoms with E-state index >= 15 is 0 Å². The van der Waals surface area contributed by atoms with Crippen LogP contribution >= 0.6 is 0 Å². The molecule has 4 heterocycles. The Hall–Kier alpha value is -3.09. The lowest BCUT2D eigenvalue weighted by Crippen LogP contribution is -2.09. The largest absolute Gasteiger partial charge is 0.325 e. The molecule has 0 N–H and O–H groups in total. The second-order valence-corrected chi connectivity index (χ2v) is 8.15. The van der Waals surface area contributed by atoms with E-state index in [0.717, 1.165) is 35.1 Å². The van der Waals surface area contributed by atoms with Gasteiger partial charge in [0.1, 0.15) is 5.82 Å². The fourth-order valence-corrected chi connectivity index (χ4v) is 4.72. The van der Waals surface area contributed by atoms with Crippen LogP contribution in [0.1, 0.15) is 57.0 Å². The van der Waals surface area contributed by atoms with E-state index in [-0.39, 0.29) is 0 Å². The van der Waals surface area contributed by atoms with Crippen LogP contribution in [0.2, 0.25) is 0 Å². The zero-order valence-electron chi connectivity index (χ0n) is 17.6. The van der Waals surface area contributed by atoms with Crippen LogP contribution in [-0.2, 0) is 13.1 Å². The van der Waals surface area contributed by atoms with E-state index in [4.69, 9.17) is 9.97 Å². The van der Waals surface area contributed by atoms with Crippen LogP contribution in [0, 0.1) is 5.92 Å². The maximum absolute atomic E-state index is 5.00.